The number of hydrogen-bond acceptors (Lipinski definition) is 3. The van der Waals surface area contributed by atoms with Crippen LogP contribution in [0.5, 0.6) is 0 Å². The van der Waals surface area contributed by atoms with E-state index in [4.69, 9.17) is 4.74 Å². The van der Waals surface area contributed by atoms with Gasteiger partial charge in [-0.15, -0.1) is 0 Å². The van der Waals surface area contributed by atoms with Crippen LogP contribution in [0.4, 0.5) is 5.69 Å². The Kier molecular flexibility index (Phi) is 5.86. The molecule has 3 heteroatoms. The van der Waals surface area contributed by atoms with Crippen molar-refractivity contribution in [3.63, 3.8) is 0 Å². The predicted octanol–water partition coefficient (Wildman–Crippen LogP) is 2.97. The summed E-state index contributed by atoms with van der Waals surface area (Å²) in [6.07, 6.45) is 3.50. The lowest BCUT2D eigenvalue weighted by Crippen LogP contribution is -2.39. The number of ether oxygens (including phenoxy) is 1. The van der Waals surface area contributed by atoms with E-state index >= 15 is 0 Å². The molecule has 0 saturated heterocycles. The van der Waals surface area contributed by atoms with Crippen molar-refractivity contribution in [1.82, 2.24) is 5.32 Å². The third kappa shape index (κ3) is 3.33. The highest BCUT2D eigenvalue weighted by molar-refractivity contribution is 5.58. The fourth-order valence-corrected chi connectivity index (χ4v) is 3.18. The first-order valence-electron chi connectivity index (χ1n) is 7.88. The van der Waals surface area contributed by atoms with Crippen LogP contribution in [-0.4, -0.2) is 32.8 Å². The number of rotatable bonds is 7. The molecule has 1 aliphatic heterocycles. The van der Waals surface area contributed by atoms with Crippen LogP contribution in [0.3, 0.4) is 0 Å². The molecule has 20 heavy (non-hydrogen) atoms. The Morgan fingerprint density at radius 3 is 2.80 bits per heavy atom. The van der Waals surface area contributed by atoms with Crippen molar-refractivity contribution < 1.29 is 4.74 Å². The standard InChI is InChI=1S/C17H28N2O/c1-4-15(5-2)19(11-12-20-3)17-8-6-7-14-9-10-18-13-16(14)17/h6-8,15,18H,4-5,9-13H2,1-3H3. The van der Waals surface area contributed by atoms with Gasteiger partial charge in [-0.1, -0.05) is 26.0 Å². The van der Waals surface area contributed by atoms with Gasteiger partial charge in [-0.2, -0.15) is 0 Å². The topological polar surface area (TPSA) is 24.5 Å². The second-order valence-corrected chi connectivity index (χ2v) is 5.50. The van der Waals surface area contributed by atoms with Crippen molar-refractivity contribution in [2.24, 2.45) is 0 Å². The van der Waals surface area contributed by atoms with E-state index in [-0.39, 0.29) is 0 Å². The van der Waals surface area contributed by atoms with Crippen LogP contribution in [0, 0.1) is 0 Å². The second-order valence-electron chi connectivity index (χ2n) is 5.50. The maximum atomic E-state index is 5.32. The number of methoxy groups -OCH3 is 1. The van der Waals surface area contributed by atoms with Crippen LogP contribution in [-0.2, 0) is 17.7 Å². The summed E-state index contributed by atoms with van der Waals surface area (Å²) in [5, 5.41) is 3.51. The molecule has 112 valence electrons. The summed E-state index contributed by atoms with van der Waals surface area (Å²) in [6.45, 7) is 8.41. The quantitative estimate of drug-likeness (QED) is 0.828. The largest absolute Gasteiger partial charge is 0.383 e. The molecule has 1 aromatic rings. The Labute approximate surface area is 123 Å². The predicted molar refractivity (Wildman–Crippen MR) is 85.4 cm³/mol. The molecule has 0 radical (unpaired) electrons. The first kappa shape index (κ1) is 15.3. The van der Waals surface area contributed by atoms with Gasteiger partial charge in [-0.25, -0.2) is 0 Å². The van der Waals surface area contributed by atoms with Crippen molar-refractivity contribution in [2.75, 3.05) is 31.7 Å². The molecule has 2 rings (SSSR count). The number of fused-ring (bicyclic) bond motifs is 1. The summed E-state index contributed by atoms with van der Waals surface area (Å²) in [7, 11) is 1.78. The number of nitrogens with zero attached hydrogens (tertiary/aromatic N) is 1. The van der Waals surface area contributed by atoms with Gasteiger partial charge in [0.2, 0.25) is 0 Å². The highest BCUT2D eigenvalue weighted by Gasteiger charge is 2.21. The van der Waals surface area contributed by atoms with Gasteiger partial charge in [-0.05, 0) is 43.0 Å². The van der Waals surface area contributed by atoms with Crippen LogP contribution >= 0.6 is 0 Å². The second kappa shape index (κ2) is 7.65. The number of benzene rings is 1. The van der Waals surface area contributed by atoms with Gasteiger partial charge in [0.1, 0.15) is 0 Å². The van der Waals surface area contributed by atoms with Crippen LogP contribution in [0.25, 0.3) is 0 Å². The highest BCUT2D eigenvalue weighted by Crippen LogP contribution is 2.29. The maximum absolute atomic E-state index is 5.32. The average Bonchev–Trinajstić information content (AvgIpc) is 2.51. The Bertz CT molecular complexity index is 415. The van der Waals surface area contributed by atoms with E-state index in [0.717, 1.165) is 32.7 Å². The van der Waals surface area contributed by atoms with Gasteiger partial charge >= 0.3 is 0 Å². The molecule has 0 aliphatic carbocycles. The fraction of sp³-hybridized carbons (Fsp3) is 0.647. The summed E-state index contributed by atoms with van der Waals surface area (Å²) >= 11 is 0. The molecule has 1 heterocycles. The monoisotopic (exact) mass is 276 g/mol. The molecule has 1 aromatic carbocycles. The molecule has 0 bridgehead atoms. The zero-order chi connectivity index (χ0) is 14.4. The molecule has 0 unspecified atom stereocenters. The van der Waals surface area contributed by atoms with E-state index < -0.39 is 0 Å². The van der Waals surface area contributed by atoms with Crippen LogP contribution in [0.2, 0.25) is 0 Å². The molecular formula is C17H28N2O. The number of nitrogens with one attached hydrogen (secondary N) is 1. The minimum atomic E-state index is 0.596. The van der Waals surface area contributed by atoms with Crippen molar-refractivity contribution in [3.8, 4) is 0 Å². The summed E-state index contributed by atoms with van der Waals surface area (Å²) in [6, 6.07) is 7.36. The zero-order valence-corrected chi connectivity index (χ0v) is 13.1. The summed E-state index contributed by atoms with van der Waals surface area (Å²) < 4.78 is 5.32. The third-order valence-electron chi connectivity index (χ3n) is 4.35. The summed E-state index contributed by atoms with van der Waals surface area (Å²) in [4.78, 5) is 2.55. The molecule has 1 N–H and O–H groups in total. The van der Waals surface area contributed by atoms with Gasteiger partial charge in [-0.3, -0.25) is 0 Å². The maximum Gasteiger partial charge on any atom is 0.0637 e. The Balaban J connectivity index is 2.32. The lowest BCUT2D eigenvalue weighted by atomic mass is 9.97. The number of anilines is 1. The third-order valence-corrected chi connectivity index (χ3v) is 4.35. The Morgan fingerprint density at radius 1 is 1.30 bits per heavy atom. The van der Waals surface area contributed by atoms with Gasteiger partial charge in [0.05, 0.1) is 6.61 Å². The van der Waals surface area contributed by atoms with E-state index in [0.29, 0.717) is 6.04 Å². The van der Waals surface area contributed by atoms with Crippen molar-refractivity contribution >= 4 is 5.69 Å². The van der Waals surface area contributed by atoms with Gasteiger partial charge < -0.3 is 15.0 Å². The van der Waals surface area contributed by atoms with Crippen LogP contribution in [0.1, 0.15) is 37.8 Å². The minimum absolute atomic E-state index is 0.596. The normalized spacial score (nSPS) is 14.4. The molecule has 1 aliphatic rings. The highest BCUT2D eigenvalue weighted by atomic mass is 16.5. The van der Waals surface area contributed by atoms with E-state index in [1.165, 1.54) is 29.7 Å². The van der Waals surface area contributed by atoms with E-state index in [1.54, 1.807) is 7.11 Å². The lowest BCUT2D eigenvalue weighted by Gasteiger charge is -2.35. The van der Waals surface area contributed by atoms with Gasteiger partial charge in [0.15, 0.2) is 0 Å². The summed E-state index contributed by atoms with van der Waals surface area (Å²) in [5.41, 5.74) is 4.40. The molecule has 0 fully saturated rings. The average molecular weight is 276 g/mol. The van der Waals surface area contributed by atoms with Crippen LogP contribution < -0.4 is 10.2 Å². The Hall–Kier alpha value is -1.06. The van der Waals surface area contributed by atoms with Crippen LogP contribution in [0.15, 0.2) is 18.2 Å². The SMILES string of the molecule is CCC(CC)N(CCOC)c1cccc2c1CNCC2. The fourth-order valence-electron chi connectivity index (χ4n) is 3.18. The number of hydrogen-bond donors (Lipinski definition) is 1. The molecule has 0 atom stereocenters. The van der Waals surface area contributed by atoms with Crippen molar-refractivity contribution in [1.29, 1.82) is 0 Å². The smallest absolute Gasteiger partial charge is 0.0637 e. The molecular weight excluding hydrogens is 248 g/mol. The van der Waals surface area contributed by atoms with Gasteiger partial charge in [0, 0.05) is 31.9 Å². The Morgan fingerprint density at radius 2 is 2.10 bits per heavy atom. The zero-order valence-electron chi connectivity index (χ0n) is 13.1. The van der Waals surface area contributed by atoms with Crippen molar-refractivity contribution in [2.45, 2.75) is 45.7 Å². The first-order chi connectivity index (χ1) is 9.81. The van der Waals surface area contributed by atoms with E-state index in [9.17, 15) is 0 Å². The van der Waals surface area contributed by atoms with E-state index in [1.807, 2.05) is 0 Å². The molecule has 0 amide bonds. The first-order valence-corrected chi connectivity index (χ1v) is 7.88. The molecule has 0 saturated carbocycles. The summed E-state index contributed by atoms with van der Waals surface area (Å²) in [5.74, 6) is 0. The lowest BCUT2D eigenvalue weighted by molar-refractivity contribution is 0.202. The minimum Gasteiger partial charge on any atom is -0.383 e. The molecule has 0 spiro atoms. The molecule has 0 aromatic heterocycles. The van der Waals surface area contributed by atoms with Crippen molar-refractivity contribution in [3.05, 3.63) is 29.3 Å². The van der Waals surface area contributed by atoms with Gasteiger partial charge in [0.25, 0.3) is 0 Å². The van der Waals surface area contributed by atoms with E-state index in [2.05, 4.69) is 42.3 Å². The molecule has 3 nitrogen and oxygen atoms in total.